The number of phenols is 3. The molecule has 8 nitrogen and oxygen atoms in total. The summed E-state index contributed by atoms with van der Waals surface area (Å²) in [6, 6.07) is 9.12. The summed E-state index contributed by atoms with van der Waals surface area (Å²) in [6.07, 6.45) is 1.83. The van der Waals surface area contributed by atoms with E-state index in [-0.39, 0.29) is 17.4 Å². The first-order valence-electron chi connectivity index (χ1n) is 8.36. The van der Waals surface area contributed by atoms with E-state index in [2.05, 4.69) is 15.8 Å². The van der Waals surface area contributed by atoms with E-state index in [0.717, 1.165) is 25.0 Å². The standard InChI is InChI=1S/C19H19N3O5/c1-10(12-3-2-4-14(7-12)20-18(26)11-5-6-11)21-22-19(27)13-8-15(23)17(25)16(24)9-13/h2-4,7-9,11,23-25H,5-6H2,1H3,(H,20,26)(H,22,27). The number of aromatic hydroxyl groups is 3. The van der Waals surface area contributed by atoms with Crippen molar-refractivity contribution in [3.63, 3.8) is 0 Å². The number of hydrogen-bond donors (Lipinski definition) is 5. The maximum absolute atomic E-state index is 12.1. The largest absolute Gasteiger partial charge is 0.504 e. The molecule has 0 unspecified atom stereocenters. The monoisotopic (exact) mass is 369 g/mol. The number of rotatable bonds is 5. The number of carbonyl (C=O) groups excluding carboxylic acids is 2. The van der Waals surface area contributed by atoms with Gasteiger partial charge in [0.25, 0.3) is 5.91 Å². The molecule has 8 heteroatoms. The van der Waals surface area contributed by atoms with E-state index >= 15 is 0 Å². The van der Waals surface area contributed by atoms with Crippen LogP contribution in [0.4, 0.5) is 5.69 Å². The zero-order valence-corrected chi connectivity index (χ0v) is 14.6. The van der Waals surface area contributed by atoms with Crippen LogP contribution in [0, 0.1) is 5.92 Å². The molecule has 27 heavy (non-hydrogen) atoms. The highest BCUT2D eigenvalue weighted by Gasteiger charge is 2.29. The van der Waals surface area contributed by atoms with Gasteiger partial charge in [-0.3, -0.25) is 9.59 Å². The van der Waals surface area contributed by atoms with Crippen LogP contribution in [0.2, 0.25) is 0 Å². The Kier molecular flexibility index (Phi) is 4.98. The molecular weight excluding hydrogens is 350 g/mol. The van der Waals surface area contributed by atoms with Gasteiger partial charge in [-0.25, -0.2) is 5.43 Å². The van der Waals surface area contributed by atoms with Gasteiger partial charge >= 0.3 is 0 Å². The molecule has 0 bridgehead atoms. The molecule has 1 aliphatic rings. The molecule has 2 aromatic carbocycles. The summed E-state index contributed by atoms with van der Waals surface area (Å²) in [5.74, 6) is -2.49. The van der Waals surface area contributed by atoms with Crippen LogP contribution in [0.15, 0.2) is 41.5 Å². The van der Waals surface area contributed by atoms with Crippen LogP contribution in [0.1, 0.15) is 35.7 Å². The molecule has 3 rings (SSSR count). The van der Waals surface area contributed by atoms with Gasteiger partial charge < -0.3 is 20.6 Å². The fraction of sp³-hybridized carbons (Fsp3) is 0.211. The fourth-order valence-corrected chi connectivity index (χ4v) is 2.41. The van der Waals surface area contributed by atoms with Crippen molar-refractivity contribution in [1.29, 1.82) is 0 Å². The van der Waals surface area contributed by atoms with Gasteiger partial charge in [0.1, 0.15) is 0 Å². The number of amides is 2. The molecule has 0 aliphatic heterocycles. The minimum Gasteiger partial charge on any atom is -0.504 e. The highest BCUT2D eigenvalue weighted by atomic mass is 16.3. The van der Waals surface area contributed by atoms with Crippen LogP contribution in [0.25, 0.3) is 0 Å². The van der Waals surface area contributed by atoms with Crippen molar-refractivity contribution in [3.05, 3.63) is 47.5 Å². The second-order valence-corrected chi connectivity index (χ2v) is 6.35. The van der Waals surface area contributed by atoms with E-state index in [0.29, 0.717) is 17.0 Å². The molecule has 5 N–H and O–H groups in total. The molecule has 1 saturated carbocycles. The molecule has 140 valence electrons. The third-order valence-corrected chi connectivity index (χ3v) is 4.15. The van der Waals surface area contributed by atoms with Gasteiger partial charge in [0.15, 0.2) is 17.2 Å². The second-order valence-electron chi connectivity index (χ2n) is 6.35. The van der Waals surface area contributed by atoms with Gasteiger partial charge in [-0.1, -0.05) is 12.1 Å². The molecule has 0 spiro atoms. The van der Waals surface area contributed by atoms with E-state index in [4.69, 9.17) is 0 Å². The summed E-state index contributed by atoms with van der Waals surface area (Å²) in [4.78, 5) is 24.0. The number of anilines is 1. The molecule has 0 atom stereocenters. The lowest BCUT2D eigenvalue weighted by Gasteiger charge is -2.08. The minimum atomic E-state index is -0.698. The van der Waals surface area contributed by atoms with Gasteiger partial charge in [0.2, 0.25) is 5.91 Å². The Bertz CT molecular complexity index is 912. The Morgan fingerprint density at radius 3 is 2.33 bits per heavy atom. The van der Waals surface area contributed by atoms with Crippen molar-refractivity contribution in [1.82, 2.24) is 5.43 Å². The first kappa shape index (κ1) is 18.2. The van der Waals surface area contributed by atoms with Crippen molar-refractivity contribution < 1.29 is 24.9 Å². The lowest BCUT2D eigenvalue weighted by atomic mass is 10.1. The molecule has 0 radical (unpaired) electrons. The minimum absolute atomic E-state index is 0.00184. The fourth-order valence-electron chi connectivity index (χ4n) is 2.41. The lowest BCUT2D eigenvalue weighted by molar-refractivity contribution is -0.117. The molecule has 0 saturated heterocycles. The summed E-state index contributed by atoms with van der Waals surface area (Å²) in [7, 11) is 0. The summed E-state index contributed by atoms with van der Waals surface area (Å²) < 4.78 is 0. The highest BCUT2D eigenvalue weighted by molar-refractivity contribution is 6.02. The normalized spacial score (nSPS) is 13.9. The topological polar surface area (TPSA) is 131 Å². The van der Waals surface area contributed by atoms with Crippen LogP contribution in [-0.4, -0.2) is 32.8 Å². The number of carbonyl (C=O) groups is 2. The average Bonchev–Trinajstić information content (AvgIpc) is 3.49. The first-order chi connectivity index (χ1) is 12.8. The summed E-state index contributed by atoms with van der Waals surface area (Å²) >= 11 is 0. The third-order valence-electron chi connectivity index (χ3n) is 4.15. The number of hydrazone groups is 1. The Morgan fingerprint density at radius 1 is 1.04 bits per heavy atom. The smallest absolute Gasteiger partial charge is 0.271 e. The SMILES string of the molecule is CC(=NNC(=O)c1cc(O)c(O)c(O)c1)c1cccc(NC(=O)C2CC2)c1. The van der Waals surface area contributed by atoms with Gasteiger partial charge in [-0.2, -0.15) is 5.10 Å². The first-order valence-corrected chi connectivity index (χ1v) is 8.36. The predicted octanol–water partition coefficient (Wildman–Crippen LogP) is 2.31. The van der Waals surface area contributed by atoms with Gasteiger partial charge in [0, 0.05) is 17.2 Å². The number of hydrogen-bond acceptors (Lipinski definition) is 6. The van der Waals surface area contributed by atoms with Crippen molar-refractivity contribution in [2.75, 3.05) is 5.32 Å². The Morgan fingerprint density at radius 2 is 1.70 bits per heavy atom. The van der Waals surface area contributed by atoms with Crippen LogP contribution >= 0.6 is 0 Å². The number of nitrogens with zero attached hydrogens (tertiary/aromatic N) is 1. The van der Waals surface area contributed by atoms with E-state index in [9.17, 15) is 24.9 Å². The van der Waals surface area contributed by atoms with Crippen molar-refractivity contribution in [3.8, 4) is 17.2 Å². The molecule has 2 aromatic rings. The quantitative estimate of drug-likeness (QED) is 0.313. The number of benzene rings is 2. The van der Waals surface area contributed by atoms with Crippen LogP contribution in [0.3, 0.4) is 0 Å². The van der Waals surface area contributed by atoms with Gasteiger partial charge in [-0.05, 0) is 49.6 Å². The number of phenolic OH excluding ortho intramolecular Hbond substituents is 3. The van der Waals surface area contributed by atoms with Gasteiger partial charge in [-0.15, -0.1) is 0 Å². The molecule has 0 aromatic heterocycles. The van der Waals surface area contributed by atoms with E-state index < -0.39 is 23.2 Å². The van der Waals surface area contributed by atoms with Crippen LogP contribution < -0.4 is 10.7 Å². The van der Waals surface area contributed by atoms with Crippen molar-refractivity contribution in [2.45, 2.75) is 19.8 Å². The van der Waals surface area contributed by atoms with E-state index in [1.807, 2.05) is 0 Å². The predicted molar refractivity (Wildman–Crippen MR) is 98.9 cm³/mol. The Balaban J connectivity index is 1.70. The van der Waals surface area contributed by atoms with Crippen LogP contribution in [0.5, 0.6) is 17.2 Å². The summed E-state index contributed by atoms with van der Waals surface area (Å²) in [5.41, 5.74) is 4.11. The van der Waals surface area contributed by atoms with Crippen LogP contribution in [-0.2, 0) is 4.79 Å². The van der Waals surface area contributed by atoms with Crippen molar-refractivity contribution in [2.24, 2.45) is 11.0 Å². The molecule has 1 fully saturated rings. The van der Waals surface area contributed by atoms with Crippen molar-refractivity contribution >= 4 is 23.2 Å². The zero-order valence-electron chi connectivity index (χ0n) is 14.6. The molecule has 1 aliphatic carbocycles. The van der Waals surface area contributed by atoms with Gasteiger partial charge in [0.05, 0.1) is 5.71 Å². The summed E-state index contributed by atoms with van der Waals surface area (Å²) in [5, 5.41) is 35.1. The second kappa shape index (κ2) is 7.36. The Hall–Kier alpha value is -3.55. The van der Waals surface area contributed by atoms with E-state index in [1.165, 1.54) is 0 Å². The molecule has 2 amide bonds. The van der Waals surface area contributed by atoms with E-state index in [1.54, 1.807) is 31.2 Å². The molecule has 0 heterocycles. The molecular formula is C19H19N3O5. The Labute approximate surface area is 155 Å². The third kappa shape index (κ3) is 4.35. The average molecular weight is 369 g/mol. The lowest BCUT2D eigenvalue weighted by Crippen LogP contribution is -2.19. The maximum Gasteiger partial charge on any atom is 0.271 e. The summed E-state index contributed by atoms with van der Waals surface area (Å²) in [6.45, 7) is 1.69. The maximum atomic E-state index is 12.1. The number of nitrogens with one attached hydrogen (secondary N) is 2. The highest BCUT2D eigenvalue weighted by Crippen LogP contribution is 2.35. The zero-order chi connectivity index (χ0) is 19.6.